The third kappa shape index (κ3) is 3.69. The van der Waals surface area contributed by atoms with Crippen LogP contribution in [0.25, 0.3) is 0 Å². The Kier molecular flexibility index (Phi) is 4.57. The quantitative estimate of drug-likeness (QED) is 0.883. The lowest BCUT2D eigenvalue weighted by atomic mass is 10.0. The third-order valence-electron chi connectivity index (χ3n) is 3.54. The Morgan fingerprint density at radius 1 is 1.22 bits per heavy atom. The van der Waals surface area contributed by atoms with Crippen LogP contribution in [-0.2, 0) is 4.79 Å². The zero-order chi connectivity index (χ0) is 16.1. The van der Waals surface area contributed by atoms with Crippen molar-refractivity contribution in [2.75, 3.05) is 13.2 Å². The van der Waals surface area contributed by atoms with Crippen LogP contribution in [0.2, 0.25) is 0 Å². The predicted molar refractivity (Wildman–Crippen MR) is 87.9 cm³/mol. The van der Waals surface area contributed by atoms with Crippen molar-refractivity contribution in [3.63, 3.8) is 0 Å². The van der Waals surface area contributed by atoms with Crippen LogP contribution in [0.15, 0.2) is 53.6 Å². The van der Waals surface area contributed by atoms with Gasteiger partial charge in [0, 0.05) is 12.0 Å². The summed E-state index contributed by atoms with van der Waals surface area (Å²) in [4.78, 5) is 11.9. The molecule has 2 aromatic carbocycles. The second-order valence-electron chi connectivity index (χ2n) is 5.25. The van der Waals surface area contributed by atoms with E-state index >= 15 is 0 Å². The molecule has 0 saturated carbocycles. The van der Waals surface area contributed by atoms with Crippen LogP contribution in [0, 0.1) is 6.92 Å². The largest absolute Gasteiger partial charge is 0.492 e. The van der Waals surface area contributed by atoms with E-state index in [1.807, 2.05) is 43.3 Å². The van der Waals surface area contributed by atoms with Gasteiger partial charge in [0.1, 0.15) is 11.5 Å². The van der Waals surface area contributed by atoms with Crippen LogP contribution in [0.5, 0.6) is 11.5 Å². The topological polar surface area (TPSA) is 59.9 Å². The Morgan fingerprint density at radius 3 is 2.87 bits per heavy atom. The first-order valence-electron chi connectivity index (χ1n) is 7.50. The molecule has 0 fully saturated rings. The number of carbonyl (C=O) groups excluding carboxylic acids is 1. The minimum Gasteiger partial charge on any atom is -0.492 e. The molecule has 5 nitrogen and oxygen atoms in total. The minimum absolute atomic E-state index is 0.0715. The zero-order valence-electron chi connectivity index (χ0n) is 12.9. The lowest BCUT2D eigenvalue weighted by Crippen LogP contribution is -2.27. The lowest BCUT2D eigenvalue weighted by Gasteiger charge is -2.20. The molecule has 1 N–H and O–H groups in total. The molecule has 5 heteroatoms. The van der Waals surface area contributed by atoms with Crippen LogP contribution >= 0.6 is 0 Å². The van der Waals surface area contributed by atoms with E-state index in [2.05, 4.69) is 10.5 Å². The van der Waals surface area contributed by atoms with Crippen molar-refractivity contribution in [2.24, 2.45) is 5.10 Å². The van der Waals surface area contributed by atoms with Crippen molar-refractivity contribution in [3.8, 4) is 11.5 Å². The van der Waals surface area contributed by atoms with E-state index < -0.39 is 0 Å². The molecule has 0 bridgehead atoms. The van der Waals surface area contributed by atoms with E-state index in [1.165, 1.54) is 0 Å². The van der Waals surface area contributed by atoms with Crippen molar-refractivity contribution in [3.05, 3.63) is 59.7 Å². The SMILES string of the molecule is Cc1cccc2c1OCCC2=NNC(=O)COc1ccccc1. The summed E-state index contributed by atoms with van der Waals surface area (Å²) in [6.07, 6.45) is 0.663. The number of nitrogens with one attached hydrogen (secondary N) is 1. The number of amides is 1. The Labute approximate surface area is 134 Å². The Hall–Kier alpha value is -2.82. The Bertz CT molecular complexity index is 726. The normalized spacial score (nSPS) is 14.7. The number of hydrogen-bond acceptors (Lipinski definition) is 4. The molecule has 3 rings (SSSR count). The fourth-order valence-electron chi connectivity index (χ4n) is 2.40. The highest BCUT2D eigenvalue weighted by Gasteiger charge is 2.18. The number of nitrogens with zero attached hydrogens (tertiary/aromatic N) is 1. The number of benzene rings is 2. The van der Waals surface area contributed by atoms with Crippen molar-refractivity contribution in [2.45, 2.75) is 13.3 Å². The average Bonchev–Trinajstić information content (AvgIpc) is 2.59. The van der Waals surface area contributed by atoms with E-state index in [1.54, 1.807) is 12.1 Å². The Morgan fingerprint density at radius 2 is 2.04 bits per heavy atom. The zero-order valence-corrected chi connectivity index (χ0v) is 12.9. The number of carbonyl (C=O) groups is 1. The Balaban J connectivity index is 1.62. The molecule has 23 heavy (non-hydrogen) atoms. The van der Waals surface area contributed by atoms with Crippen LogP contribution in [0.1, 0.15) is 17.5 Å². The number of rotatable bonds is 4. The summed E-state index contributed by atoms with van der Waals surface area (Å²) in [6.45, 7) is 2.49. The minimum atomic E-state index is -0.290. The summed E-state index contributed by atoms with van der Waals surface area (Å²) in [5.41, 5.74) is 5.37. The number of ether oxygens (including phenoxy) is 2. The number of fused-ring (bicyclic) bond motifs is 1. The molecule has 0 spiro atoms. The summed E-state index contributed by atoms with van der Waals surface area (Å²) in [7, 11) is 0. The molecule has 0 atom stereocenters. The third-order valence-corrected chi connectivity index (χ3v) is 3.54. The predicted octanol–water partition coefficient (Wildman–Crippen LogP) is 2.68. The molecule has 1 aliphatic rings. The molecule has 2 aromatic rings. The van der Waals surface area contributed by atoms with Gasteiger partial charge in [0.25, 0.3) is 5.91 Å². The van der Waals surface area contributed by atoms with Crippen molar-refractivity contribution < 1.29 is 14.3 Å². The number of hydrogen-bond donors (Lipinski definition) is 1. The highest BCUT2D eigenvalue weighted by molar-refractivity contribution is 6.04. The van der Waals surface area contributed by atoms with E-state index in [4.69, 9.17) is 9.47 Å². The van der Waals surface area contributed by atoms with Crippen molar-refractivity contribution in [1.29, 1.82) is 0 Å². The van der Waals surface area contributed by atoms with Gasteiger partial charge in [-0.3, -0.25) is 4.79 Å². The van der Waals surface area contributed by atoms with Gasteiger partial charge < -0.3 is 9.47 Å². The van der Waals surface area contributed by atoms with E-state index in [0.29, 0.717) is 18.8 Å². The monoisotopic (exact) mass is 310 g/mol. The first kappa shape index (κ1) is 15.1. The van der Waals surface area contributed by atoms with E-state index in [0.717, 1.165) is 22.6 Å². The smallest absolute Gasteiger partial charge is 0.277 e. The summed E-state index contributed by atoms with van der Waals surface area (Å²) >= 11 is 0. The molecule has 0 aromatic heterocycles. The van der Waals surface area contributed by atoms with Gasteiger partial charge in [-0.15, -0.1) is 0 Å². The number of para-hydroxylation sites is 2. The maximum Gasteiger partial charge on any atom is 0.277 e. The molecule has 0 radical (unpaired) electrons. The highest BCUT2D eigenvalue weighted by Crippen LogP contribution is 2.28. The molecule has 1 amide bonds. The van der Waals surface area contributed by atoms with Crippen LogP contribution in [0.3, 0.4) is 0 Å². The van der Waals surface area contributed by atoms with E-state index in [9.17, 15) is 4.79 Å². The van der Waals surface area contributed by atoms with Gasteiger partial charge in [-0.2, -0.15) is 5.10 Å². The van der Waals surface area contributed by atoms with Gasteiger partial charge in [-0.1, -0.05) is 30.3 Å². The van der Waals surface area contributed by atoms with Gasteiger partial charge >= 0.3 is 0 Å². The summed E-state index contributed by atoms with van der Waals surface area (Å²) < 4.78 is 11.1. The fourth-order valence-corrected chi connectivity index (χ4v) is 2.40. The lowest BCUT2D eigenvalue weighted by molar-refractivity contribution is -0.123. The molecular formula is C18H18N2O3. The van der Waals surface area contributed by atoms with Gasteiger partial charge in [0.2, 0.25) is 0 Å². The summed E-state index contributed by atoms with van der Waals surface area (Å²) in [6, 6.07) is 15.1. The van der Waals surface area contributed by atoms with Gasteiger partial charge in [0.15, 0.2) is 6.61 Å². The summed E-state index contributed by atoms with van der Waals surface area (Å²) in [5.74, 6) is 1.21. The van der Waals surface area contributed by atoms with Crippen LogP contribution < -0.4 is 14.9 Å². The average molecular weight is 310 g/mol. The first-order chi connectivity index (χ1) is 11.2. The van der Waals surface area contributed by atoms with Gasteiger partial charge in [-0.25, -0.2) is 5.43 Å². The maximum atomic E-state index is 11.9. The molecular weight excluding hydrogens is 292 g/mol. The molecule has 1 aliphatic heterocycles. The van der Waals surface area contributed by atoms with Gasteiger partial charge in [-0.05, 0) is 30.7 Å². The van der Waals surface area contributed by atoms with Crippen molar-refractivity contribution >= 4 is 11.6 Å². The van der Waals surface area contributed by atoms with Crippen LogP contribution in [-0.4, -0.2) is 24.8 Å². The molecule has 0 saturated heterocycles. The highest BCUT2D eigenvalue weighted by atomic mass is 16.5. The molecule has 1 heterocycles. The standard InChI is InChI=1S/C18H18N2O3/c1-13-6-5-9-15-16(10-11-22-18(13)15)19-20-17(21)12-23-14-7-3-2-4-8-14/h2-9H,10-12H2,1H3,(H,20,21). The second kappa shape index (κ2) is 6.96. The van der Waals surface area contributed by atoms with Gasteiger partial charge in [0.05, 0.1) is 12.3 Å². The molecule has 0 aliphatic carbocycles. The first-order valence-corrected chi connectivity index (χ1v) is 7.50. The number of hydrazone groups is 1. The van der Waals surface area contributed by atoms with E-state index in [-0.39, 0.29) is 12.5 Å². The molecule has 0 unspecified atom stereocenters. The van der Waals surface area contributed by atoms with Crippen molar-refractivity contribution in [1.82, 2.24) is 5.43 Å². The number of aryl methyl sites for hydroxylation is 1. The second-order valence-corrected chi connectivity index (χ2v) is 5.25. The molecule has 118 valence electrons. The fraction of sp³-hybridized carbons (Fsp3) is 0.222. The van der Waals surface area contributed by atoms with Crippen LogP contribution in [0.4, 0.5) is 0 Å². The summed E-state index contributed by atoms with van der Waals surface area (Å²) in [5, 5.41) is 4.23. The maximum absolute atomic E-state index is 11.9.